The minimum absolute atomic E-state index is 0.0970. The monoisotopic (exact) mass is 408 g/mol. The second kappa shape index (κ2) is 9.35. The van der Waals surface area contributed by atoms with Crippen molar-refractivity contribution in [2.75, 3.05) is 18.4 Å². The highest BCUT2D eigenvalue weighted by Crippen LogP contribution is 2.20. The van der Waals surface area contributed by atoms with Crippen molar-refractivity contribution in [2.24, 2.45) is 0 Å². The van der Waals surface area contributed by atoms with Crippen molar-refractivity contribution in [1.29, 1.82) is 0 Å². The molecule has 0 aliphatic rings. The second-order valence-corrected chi connectivity index (χ2v) is 8.62. The highest BCUT2D eigenvalue weighted by atomic mass is 35.5. The first-order valence-corrected chi connectivity index (χ1v) is 10.7. The van der Waals surface area contributed by atoms with E-state index in [-0.39, 0.29) is 10.8 Å². The predicted octanol–water partition coefficient (Wildman–Crippen LogP) is 4.25. The molecule has 0 unspecified atom stereocenters. The van der Waals surface area contributed by atoms with E-state index < -0.39 is 10.0 Å². The molecule has 27 heavy (non-hydrogen) atoms. The number of amides is 1. The van der Waals surface area contributed by atoms with Gasteiger partial charge in [0.05, 0.1) is 4.90 Å². The third kappa shape index (κ3) is 5.54. The molecule has 0 radical (unpaired) electrons. The molecule has 0 bridgehead atoms. The maximum atomic E-state index is 12.5. The number of aryl methyl sites for hydroxylation is 2. The van der Waals surface area contributed by atoms with E-state index in [0.29, 0.717) is 31.0 Å². The summed E-state index contributed by atoms with van der Waals surface area (Å²) >= 11 is 5.92. The molecule has 0 aromatic heterocycles. The number of carbonyl (C=O) groups excluding carboxylic acids is 1. The molecule has 0 saturated carbocycles. The van der Waals surface area contributed by atoms with Crippen LogP contribution in [0.1, 0.15) is 31.4 Å². The number of rotatable bonds is 8. The van der Waals surface area contributed by atoms with Gasteiger partial charge in [-0.25, -0.2) is 8.42 Å². The maximum absolute atomic E-state index is 12.5. The Hall–Kier alpha value is -1.89. The fourth-order valence-electron chi connectivity index (χ4n) is 2.78. The van der Waals surface area contributed by atoms with Gasteiger partial charge in [-0.3, -0.25) is 4.79 Å². The average molecular weight is 409 g/mol. The molecule has 0 spiro atoms. The van der Waals surface area contributed by atoms with Crippen molar-refractivity contribution in [2.45, 2.75) is 38.5 Å². The van der Waals surface area contributed by atoms with Crippen molar-refractivity contribution >= 4 is 33.2 Å². The van der Waals surface area contributed by atoms with Crippen LogP contribution in [0.2, 0.25) is 5.02 Å². The number of sulfonamides is 1. The highest BCUT2D eigenvalue weighted by Gasteiger charge is 2.21. The first-order valence-electron chi connectivity index (χ1n) is 8.93. The molecule has 0 atom stereocenters. The number of carbonyl (C=O) groups is 1. The van der Waals surface area contributed by atoms with Crippen molar-refractivity contribution < 1.29 is 13.2 Å². The normalized spacial score (nSPS) is 11.6. The van der Waals surface area contributed by atoms with E-state index in [0.717, 1.165) is 16.8 Å². The standard InChI is InChI=1S/C20H25ClN2O3S/c1-4-23(5-2)27(25,26)18-10-6-16(7-11-18)8-13-20(24)22-19-12-9-17(21)14-15(19)3/h6-7,9-12,14H,4-5,8,13H2,1-3H3,(H,22,24). The molecule has 5 nitrogen and oxygen atoms in total. The van der Waals surface area contributed by atoms with Gasteiger partial charge in [-0.05, 0) is 54.8 Å². The van der Waals surface area contributed by atoms with Gasteiger partial charge in [0.15, 0.2) is 0 Å². The predicted molar refractivity (Wildman–Crippen MR) is 110 cm³/mol. The van der Waals surface area contributed by atoms with Crippen LogP contribution in [0.5, 0.6) is 0 Å². The molecule has 2 aromatic carbocycles. The van der Waals surface area contributed by atoms with Gasteiger partial charge in [-0.2, -0.15) is 4.31 Å². The number of halogens is 1. The van der Waals surface area contributed by atoms with Gasteiger partial charge < -0.3 is 5.32 Å². The summed E-state index contributed by atoms with van der Waals surface area (Å²) in [5, 5.41) is 3.50. The van der Waals surface area contributed by atoms with Gasteiger partial charge in [0, 0.05) is 30.2 Å². The Labute approximate surface area is 166 Å². The van der Waals surface area contributed by atoms with Crippen LogP contribution in [-0.4, -0.2) is 31.7 Å². The number of benzene rings is 2. The van der Waals surface area contributed by atoms with Crippen LogP contribution in [0.4, 0.5) is 5.69 Å². The van der Waals surface area contributed by atoms with Crippen molar-refractivity contribution in [3.05, 3.63) is 58.6 Å². The van der Waals surface area contributed by atoms with Gasteiger partial charge in [0.1, 0.15) is 0 Å². The van der Waals surface area contributed by atoms with Crippen LogP contribution in [0, 0.1) is 6.92 Å². The molecule has 0 saturated heterocycles. The van der Waals surface area contributed by atoms with Crippen molar-refractivity contribution in [1.82, 2.24) is 4.31 Å². The summed E-state index contributed by atoms with van der Waals surface area (Å²) in [4.78, 5) is 12.4. The molecule has 0 fully saturated rings. The molecule has 7 heteroatoms. The number of nitrogens with one attached hydrogen (secondary N) is 1. The number of hydrogen-bond donors (Lipinski definition) is 1. The fraction of sp³-hybridized carbons (Fsp3) is 0.350. The van der Waals surface area contributed by atoms with Crippen LogP contribution in [0.15, 0.2) is 47.4 Å². The van der Waals surface area contributed by atoms with Gasteiger partial charge in [-0.15, -0.1) is 0 Å². The summed E-state index contributed by atoms with van der Waals surface area (Å²) in [5.41, 5.74) is 2.56. The zero-order valence-electron chi connectivity index (χ0n) is 15.8. The second-order valence-electron chi connectivity index (χ2n) is 6.24. The van der Waals surface area contributed by atoms with Crippen LogP contribution < -0.4 is 5.32 Å². The van der Waals surface area contributed by atoms with E-state index >= 15 is 0 Å². The molecule has 0 aliphatic heterocycles. The van der Waals surface area contributed by atoms with Gasteiger partial charge >= 0.3 is 0 Å². The maximum Gasteiger partial charge on any atom is 0.243 e. The number of anilines is 1. The topological polar surface area (TPSA) is 66.5 Å². The molecule has 146 valence electrons. The van der Waals surface area contributed by atoms with E-state index in [1.165, 1.54) is 4.31 Å². The Morgan fingerprint density at radius 1 is 1.07 bits per heavy atom. The Balaban J connectivity index is 1.97. The summed E-state index contributed by atoms with van der Waals surface area (Å²) in [6.07, 6.45) is 0.842. The lowest BCUT2D eigenvalue weighted by Gasteiger charge is -2.18. The summed E-state index contributed by atoms with van der Waals surface area (Å²) in [6, 6.07) is 12.0. The smallest absolute Gasteiger partial charge is 0.243 e. The van der Waals surface area contributed by atoms with Gasteiger partial charge in [-0.1, -0.05) is 37.6 Å². The number of nitrogens with zero attached hydrogens (tertiary/aromatic N) is 1. The molecule has 0 aliphatic carbocycles. The SMILES string of the molecule is CCN(CC)S(=O)(=O)c1ccc(CCC(=O)Nc2ccc(Cl)cc2C)cc1. The van der Waals surface area contributed by atoms with E-state index in [1.807, 2.05) is 20.8 Å². The molecule has 0 heterocycles. The van der Waals surface area contributed by atoms with E-state index in [2.05, 4.69) is 5.32 Å². The lowest BCUT2D eigenvalue weighted by molar-refractivity contribution is -0.116. The Bertz CT molecular complexity index is 892. The third-order valence-electron chi connectivity index (χ3n) is 4.37. The van der Waals surface area contributed by atoms with E-state index in [1.54, 1.807) is 42.5 Å². The molecular weight excluding hydrogens is 384 g/mol. The van der Waals surface area contributed by atoms with E-state index in [4.69, 9.17) is 11.6 Å². The van der Waals surface area contributed by atoms with Gasteiger partial charge in [0.2, 0.25) is 15.9 Å². The number of hydrogen-bond acceptors (Lipinski definition) is 3. The van der Waals surface area contributed by atoms with Crippen molar-refractivity contribution in [3.63, 3.8) is 0 Å². The van der Waals surface area contributed by atoms with Gasteiger partial charge in [0.25, 0.3) is 0 Å². The van der Waals surface area contributed by atoms with Crippen LogP contribution in [0.25, 0.3) is 0 Å². The molecule has 1 amide bonds. The minimum Gasteiger partial charge on any atom is -0.326 e. The zero-order valence-corrected chi connectivity index (χ0v) is 17.4. The summed E-state index contributed by atoms with van der Waals surface area (Å²) in [6.45, 7) is 6.39. The lowest BCUT2D eigenvalue weighted by atomic mass is 10.1. The molecule has 1 N–H and O–H groups in total. The average Bonchev–Trinajstić information content (AvgIpc) is 2.63. The zero-order chi connectivity index (χ0) is 20.0. The lowest BCUT2D eigenvalue weighted by Crippen LogP contribution is -2.30. The van der Waals surface area contributed by atoms with Crippen LogP contribution in [-0.2, 0) is 21.2 Å². The van der Waals surface area contributed by atoms with E-state index in [9.17, 15) is 13.2 Å². The Kier molecular flexibility index (Phi) is 7.41. The summed E-state index contributed by atoms with van der Waals surface area (Å²) in [7, 11) is -3.45. The minimum atomic E-state index is -3.45. The summed E-state index contributed by atoms with van der Waals surface area (Å²) < 4.78 is 26.4. The van der Waals surface area contributed by atoms with Crippen molar-refractivity contribution in [3.8, 4) is 0 Å². The highest BCUT2D eigenvalue weighted by molar-refractivity contribution is 7.89. The largest absolute Gasteiger partial charge is 0.326 e. The van der Waals surface area contributed by atoms with Crippen LogP contribution in [0.3, 0.4) is 0 Å². The third-order valence-corrected chi connectivity index (χ3v) is 6.67. The first kappa shape index (κ1) is 21.4. The molecule has 2 rings (SSSR count). The van der Waals surface area contributed by atoms with Crippen LogP contribution >= 0.6 is 11.6 Å². The molecule has 2 aromatic rings. The Morgan fingerprint density at radius 2 is 1.70 bits per heavy atom. The first-order chi connectivity index (χ1) is 12.8. The summed E-state index contributed by atoms with van der Waals surface area (Å²) in [5.74, 6) is -0.0970. The molecular formula is C20H25ClN2O3S. The fourth-order valence-corrected chi connectivity index (χ4v) is 4.46. The Morgan fingerprint density at radius 3 is 2.26 bits per heavy atom. The quantitative estimate of drug-likeness (QED) is 0.710.